The molecule has 4 heteroatoms. The summed E-state index contributed by atoms with van der Waals surface area (Å²) in [5.74, 6) is 0.0561. The minimum atomic E-state index is -0.289. The Hall–Kier alpha value is -1.13. The molecule has 1 atom stereocenters. The molecule has 19 heavy (non-hydrogen) atoms. The van der Waals surface area contributed by atoms with Gasteiger partial charge in [-0.2, -0.15) is 0 Å². The van der Waals surface area contributed by atoms with Gasteiger partial charge >= 0.3 is 0 Å². The van der Waals surface area contributed by atoms with Crippen LogP contribution in [0.2, 0.25) is 0 Å². The number of ether oxygens (including phenoxy) is 1. The van der Waals surface area contributed by atoms with Gasteiger partial charge in [-0.25, -0.2) is 4.39 Å². The number of para-hydroxylation sites is 1. The molecule has 1 aromatic rings. The number of halogens is 1. The first-order valence-electron chi connectivity index (χ1n) is 7.12. The Morgan fingerprint density at radius 2 is 2.26 bits per heavy atom. The highest BCUT2D eigenvalue weighted by molar-refractivity contribution is 5.23. The molecular weight excluding hydrogens is 243 g/mol. The summed E-state index contributed by atoms with van der Waals surface area (Å²) in [7, 11) is 0. The first-order chi connectivity index (χ1) is 9.29. The zero-order chi connectivity index (χ0) is 13.5. The standard InChI is InChI=1S/C15H23FN2O/c1-2-18(12-13-6-5-9-17-13)10-11-19-15-8-4-3-7-14(15)16/h3-4,7-8,13,17H,2,5-6,9-12H2,1H3. The Kier molecular flexibility index (Phi) is 5.61. The van der Waals surface area contributed by atoms with E-state index >= 15 is 0 Å². The van der Waals surface area contributed by atoms with Gasteiger partial charge in [-0.15, -0.1) is 0 Å². The Labute approximate surface area is 114 Å². The van der Waals surface area contributed by atoms with Gasteiger partial charge in [0, 0.05) is 19.1 Å². The van der Waals surface area contributed by atoms with Crippen molar-refractivity contribution in [3.8, 4) is 5.75 Å². The molecule has 0 spiro atoms. The molecule has 1 aliphatic heterocycles. The number of nitrogens with one attached hydrogen (secondary N) is 1. The fourth-order valence-corrected chi connectivity index (χ4v) is 2.45. The SMILES string of the molecule is CCN(CCOc1ccccc1F)CC1CCCN1. The van der Waals surface area contributed by atoms with Crippen LogP contribution in [0.1, 0.15) is 19.8 Å². The maximum Gasteiger partial charge on any atom is 0.165 e. The van der Waals surface area contributed by atoms with Gasteiger partial charge in [0.2, 0.25) is 0 Å². The second-order valence-electron chi connectivity index (χ2n) is 4.97. The van der Waals surface area contributed by atoms with Crippen molar-refractivity contribution in [3.05, 3.63) is 30.1 Å². The molecule has 1 unspecified atom stereocenters. The largest absolute Gasteiger partial charge is 0.489 e. The zero-order valence-corrected chi connectivity index (χ0v) is 11.6. The van der Waals surface area contributed by atoms with E-state index in [-0.39, 0.29) is 5.82 Å². The van der Waals surface area contributed by atoms with E-state index in [1.807, 2.05) is 0 Å². The smallest absolute Gasteiger partial charge is 0.165 e. The zero-order valence-electron chi connectivity index (χ0n) is 11.6. The van der Waals surface area contributed by atoms with Crippen LogP contribution < -0.4 is 10.1 Å². The van der Waals surface area contributed by atoms with Crippen molar-refractivity contribution in [2.45, 2.75) is 25.8 Å². The number of rotatable bonds is 7. The third kappa shape index (κ3) is 4.48. The summed E-state index contributed by atoms with van der Waals surface area (Å²) >= 11 is 0. The molecule has 3 nitrogen and oxygen atoms in total. The molecule has 0 aromatic heterocycles. The second-order valence-corrected chi connectivity index (χ2v) is 4.97. The minimum Gasteiger partial charge on any atom is -0.489 e. The summed E-state index contributed by atoms with van der Waals surface area (Å²) in [4.78, 5) is 2.35. The maximum absolute atomic E-state index is 13.4. The molecule has 1 N–H and O–H groups in total. The molecule has 1 heterocycles. The Morgan fingerprint density at radius 1 is 1.42 bits per heavy atom. The van der Waals surface area contributed by atoms with E-state index in [0.717, 1.165) is 26.2 Å². The summed E-state index contributed by atoms with van der Waals surface area (Å²) in [6.45, 7) is 6.70. The van der Waals surface area contributed by atoms with Crippen LogP contribution in [-0.4, -0.2) is 43.7 Å². The summed E-state index contributed by atoms with van der Waals surface area (Å²) in [6.07, 6.45) is 2.53. The lowest BCUT2D eigenvalue weighted by atomic mass is 10.2. The molecule has 1 saturated heterocycles. The van der Waals surface area contributed by atoms with Crippen LogP contribution in [0.3, 0.4) is 0 Å². The second kappa shape index (κ2) is 7.46. The van der Waals surface area contributed by atoms with Crippen LogP contribution in [0, 0.1) is 5.82 Å². The van der Waals surface area contributed by atoms with E-state index in [1.54, 1.807) is 18.2 Å². The topological polar surface area (TPSA) is 24.5 Å². The van der Waals surface area contributed by atoms with Gasteiger partial charge in [0.05, 0.1) is 0 Å². The summed E-state index contributed by atoms with van der Waals surface area (Å²) in [5.41, 5.74) is 0. The lowest BCUT2D eigenvalue weighted by molar-refractivity contribution is 0.199. The van der Waals surface area contributed by atoms with Gasteiger partial charge in [0.15, 0.2) is 11.6 Å². The molecule has 0 radical (unpaired) electrons. The van der Waals surface area contributed by atoms with E-state index in [2.05, 4.69) is 17.1 Å². The first kappa shape index (κ1) is 14.3. The molecule has 0 aliphatic carbocycles. The highest BCUT2D eigenvalue weighted by Crippen LogP contribution is 2.15. The number of nitrogens with zero attached hydrogens (tertiary/aromatic N) is 1. The monoisotopic (exact) mass is 266 g/mol. The third-order valence-electron chi connectivity index (χ3n) is 3.59. The lowest BCUT2D eigenvalue weighted by Gasteiger charge is -2.24. The molecule has 0 amide bonds. The van der Waals surface area contributed by atoms with Gasteiger partial charge in [-0.1, -0.05) is 19.1 Å². The average Bonchev–Trinajstić information content (AvgIpc) is 2.92. The van der Waals surface area contributed by atoms with Crippen LogP contribution >= 0.6 is 0 Å². The van der Waals surface area contributed by atoms with Crippen molar-refractivity contribution in [3.63, 3.8) is 0 Å². The van der Waals surface area contributed by atoms with Crippen molar-refractivity contribution >= 4 is 0 Å². The fraction of sp³-hybridized carbons (Fsp3) is 0.600. The maximum atomic E-state index is 13.4. The Balaban J connectivity index is 1.72. The van der Waals surface area contributed by atoms with E-state index in [9.17, 15) is 4.39 Å². The van der Waals surface area contributed by atoms with Crippen molar-refractivity contribution < 1.29 is 9.13 Å². The van der Waals surface area contributed by atoms with Crippen molar-refractivity contribution in [2.75, 3.05) is 32.8 Å². The lowest BCUT2D eigenvalue weighted by Crippen LogP contribution is -2.39. The molecule has 0 saturated carbocycles. The van der Waals surface area contributed by atoms with Crippen LogP contribution in [0.25, 0.3) is 0 Å². The molecule has 1 aromatic carbocycles. The Morgan fingerprint density at radius 3 is 2.95 bits per heavy atom. The van der Waals surface area contributed by atoms with Gasteiger partial charge < -0.3 is 10.1 Å². The van der Waals surface area contributed by atoms with Crippen molar-refractivity contribution in [2.24, 2.45) is 0 Å². The van der Waals surface area contributed by atoms with E-state index in [1.165, 1.54) is 18.9 Å². The molecule has 106 valence electrons. The summed E-state index contributed by atoms with van der Waals surface area (Å²) in [5, 5.41) is 3.50. The van der Waals surface area contributed by atoms with Crippen molar-refractivity contribution in [1.82, 2.24) is 10.2 Å². The van der Waals surface area contributed by atoms with Gasteiger partial charge in [0.1, 0.15) is 6.61 Å². The number of hydrogen-bond donors (Lipinski definition) is 1. The fourth-order valence-electron chi connectivity index (χ4n) is 2.45. The third-order valence-corrected chi connectivity index (χ3v) is 3.59. The predicted molar refractivity (Wildman–Crippen MR) is 75.0 cm³/mol. The van der Waals surface area contributed by atoms with Crippen molar-refractivity contribution in [1.29, 1.82) is 0 Å². The highest BCUT2D eigenvalue weighted by Gasteiger charge is 2.16. The predicted octanol–water partition coefficient (Wildman–Crippen LogP) is 2.28. The molecule has 0 bridgehead atoms. The van der Waals surface area contributed by atoms with Crippen LogP contribution in [0.4, 0.5) is 4.39 Å². The van der Waals surface area contributed by atoms with Crippen LogP contribution in [-0.2, 0) is 0 Å². The summed E-state index contributed by atoms with van der Waals surface area (Å²) < 4.78 is 18.9. The number of benzene rings is 1. The summed E-state index contributed by atoms with van der Waals surface area (Å²) in [6, 6.07) is 7.16. The quantitative estimate of drug-likeness (QED) is 0.819. The molecule has 1 aliphatic rings. The number of likely N-dealkylation sites (N-methyl/N-ethyl adjacent to an activating group) is 1. The highest BCUT2D eigenvalue weighted by atomic mass is 19.1. The number of hydrogen-bond acceptors (Lipinski definition) is 3. The minimum absolute atomic E-state index is 0.289. The molecule has 1 fully saturated rings. The Bertz CT molecular complexity index is 380. The van der Waals surface area contributed by atoms with Gasteiger partial charge in [-0.05, 0) is 38.1 Å². The van der Waals surface area contributed by atoms with Gasteiger partial charge in [-0.3, -0.25) is 4.90 Å². The average molecular weight is 266 g/mol. The van der Waals surface area contributed by atoms with E-state index in [0.29, 0.717) is 18.4 Å². The first-order valence-corrected chi connectivity index (χ1v) is 7.12. The van der Waals surface area contributed by atoms with E-state index in [4.69, 9.17) is 4.74 Å². The van der Waals surface area contributed by atoms with Gasteiger partial charge in [0.25, 0.3) is 0 Å². The van der Waals surface area contributed by atoms with Crippen LogP contribution in [0.15, 0.2) is 24.3 Å². The molecular formula is C15H23FN2O. The molecule has 2 rings (SSSR count). The van der Waals surface area contributed by atoms with Crippen LogP contribution in [0.5, 0.6) is 5.75 Å². The normalized spacial score (nSPS) is 19.0. The van der Waals surface area contributed by atoms with E-state index < -0.39 is 0 Å².